The largest absolute Gasteiger partial charge is 0.508 e. The number of benzene rings is 1. The molecule has 1 heterocycles. The number of aromatic hydroxyl groups is 1. The van der Waals surface area contributed by atoms with Gasteiger partial charge in [-0.05, 0) is 29.8 Å². The summed E-state index contributed by atoms with van der Waals surface area (Å²) < 4.78 is 5.13. The SMILES string of the molecule is COc1ccc(O)c(CNCc2cccnc2)c1. The highest BCUT2D eigenvalue weighted by Gasteiger charge is 2.02. The van der Waals surface area contributed by atoms with Gasteiger partial charge in [-0.1, -0.05) is 6.07 Å². The fourth-order valence-electron chi connectivity index (χ4n) is 1.67. The Morgan fingerprint density at radius 3 is 2.89 bits per heavy atom. The number of hydrogen-bond acceptors (Lipinski definition) is 4. The van der Waals surface area contributed by atoms with E-state index in [9.17, 15) is 5.11 Å². The molecule has 1 aromatic heterocycles. The molecule has 0 radical (unpaired) electrons. The van der Waals surface area contributed by atoms with Crippen LogP contribution < -0.4 is 10.1 Å². The quantitative estimate of drug-likeness (QED) is 0.845. The fraction of sp³-hybridized carbons (Fsp3) is 0.214. The van der Waals surface area contributed by atoms with Crippen LogP contribution in [-0.2, 0) is 13.1 Å². The van der Waals surface area contributed by atoms with Crippen molar-refractivity contribution in [1.82, 2.24) is 10.3 Å². The number of pyridine rings is 1. The molecular formula is C14H16N2O2. The standard InChI is InChI=1S/C14H16N2O2/c1-18-13-4-5-14(17)12(7-13)10-16-9-11-3-2-6-15-8-11/h2-8,16-17H,9-10H2,1H3. The molecule has 18 heavy (non-hydrogen) atoms. The summed E-state index contributed by atoms with van der Waals surface area (Å²) in [6.07, 6.45) is 3.57. The number of hydrogen-bond donors (Lipinski definition) is 2. The highest BCUT2D eigenvalue weighted by Crippen LogP contribution is 2.22. The minimum atomic E-state index is 0.273. The topological polar surface area (TPSA) is 54.4 Å². The van der Waals surface area contributed by atoms with Crippen LogP contribution >= 0.6 is 0 Å². The predicted molar refractivity (Wildman–Crippen MR) is 69.4 cm³/mol. The van der Waals surface area contributed by atoms with E-state index in [1.165, 1.54) is 0 Å². The molecule has 0 saturated carbocycles. The molecule has 0 saturated heterocycles. The second-order valence-corrected chi connectivity index (χ2v) is 3.96. The lowest BCUT2D eigenvalue weighted by molar-refractivity contribution is 0.410. The number of nitrogens with zero attached hydrogens (tertiary/aromatic N) is 1. The third-order valence-electron chi connectivity index (χ3n) is 2.65. The maximum absolute atomic E-state index is 9.72. The van der Waals surface area contributed by atoms with Gasteiger partial charge in [-0.15, -0.1) is 0 Å². The number of phenolic OH excluding ortho intramolecular Hbond substituents is 1. The van der Waals surface area contributed by atoms with Gasteiger partial charge >= 0.3 is 0 Å². The van der Waals surface area contributed by atoms with Crippen molar-refractivity contribution in [2.24, 2.45) is 0 Å². The van der Waals surface area contributed by atoms with Gasteiger partial charge in [0.25, 0.3) is 0 Å². The summed E-state index contributed by atoms with van der Waals surface area (Å²) in [5.41, 5.74) is 1.93. The zero-order chi connectivity index (χ0) is 12.8. The number of methoxy groups -OCH3 is 1. The van der Waals surface area contributed by atoms with Gasteiger partial charge in [-0.2, -0.15) is 0 Å². The van der Waals surface area contributed by atoms with Gasteiger partial charge < -0.3 is 15.2 Å². The van der Waals surface area contributed by atoms with Crippen LogP contribution in [0, 0.1) is 0 Å². The molecule has 0 bridgehead atoms. The molecule has 0 aliphatic heterocycles. The fourth-order valence-corrected chi connectivity index (χ4v) is 1.67. The predicted octanol–water partition coefficient (Wildman–Crippen LogP) is 2.09. The zero-order valence-electron chi connectivity index (χ0n) is 10.3. The Morgan fingerprint density at radius 1 is 1.28 bits per heavy atom. The molecule has 94 valence electrons. The van der Waals surface area contributed by atoms with E-state index in [1.807, 2.05) is 24.4 Å². The van der Waals surface area contributed by atoms with E-state index in [-0.39, 0.29) is 5.75 Å². The minimum Gasteiger partial charge on any atom is -0.508 e. The second kappa shape index (κ2) is 6.02. The summed E-state index contributed by atoms with van der Waals surface area (Å²) in [4.78, 5) is 4.05. The summed E-state index contributed by atoms with van der Waals surface area (Å²) in [7, 11) is 1.61. The van der Waals surface area contributed by atoms with Gasteiger partial charge in [0, 0.05) is 31.0 Å². The molecule has 1 aromatic carbocycles. The highest BCUT2D eigenvalue weighted by atomic mass is 16.5. The Hall–Kier alpha value is -2.07. The molecule has 0 fully saturated rings. The third-order valence-corrected chi connectivity index (χ3v) is 2.65. The maximum atomic E-state index is 9.72. The van der Waals surface area contributed by atoms with E-state index >= 15 is 0 Å². The van der Waals surface area contributed by atoms with Crippen LogP contribution in [0.5, 0.6) is 11.5 Å². The van der Waals surface area contributed by atoms with Crippen LogP contribution in [0.25, 0.3) is 0 Å². The molecule has 2 N–H and O–H groups in total. The summed E-state index contributed by atoms with van der Waals surface area (Å²) in [5, 5.41) is 13.0. The van der Waals surface area contributed by atoms with Crippen molar-refractivity contribution >= 4 is 0 Å². The van der Waals surface area contributed by atoms with E-state index in [2.05, 4.69) is 10.3 Å². The average Bonchev–Trinajstić information content (AvgIpc) is 2.42. The van der Waals surface area contributed by atoms with Gasteiger partial charge in [0.05, 0.1) is 7.11 Å². The Balaban J connectivity index is 1.94. The molecule has 0 aliphatic carbocycles. The van der Waals surface area contributed by atoms with Crippen molar-refractivity contribution in [1.29, 1.82) is 0 Å². The van der Waals surface area contributed by atoms with Crippen LogP contribution in [-0.4, -0.2) is 17.2 Å². The third kappa shape index (κ3) is 3.21. The van der Waals surface area contributed by atoms with Gasteiger partial charge in [-0.25, -0.2) is 0 Å². The smallest absolute Gasteiger partial charge is 0.120 e. The summed E-state index contributed by atoms with van der Waals surface area (Å²) >= 11 is 0. The first-order chi connectivity index (χ1) is 8.79. The zero-order valence-corrected chi connectivity index (χ0v) is 10.3. The van der Waals surface area contributed by atoms with E-state index in [1.54, 1.807) is 25.4 Å². The Bertz CT molecular complexity index is 500. The molecule has 0 spiro atoms. The molecule has 0 atom stereocenters. The van der Waals surface area contributed by atoms with Crippen molar-refractivity contribution in [2.45, 2.75) is 13.1 Å². The first kappa shape index (κ1) is 12.4. The van der Waals surface area contributed by atoms with Crippen molar-refractivity contribution in [3.05, 3.63) is 53.9 Å². The Kier molecular flexibility index (Phi) is 4.15. The van der Waals surface area contributed by atoms with Crippen molar-refractivity contribution in [3.63, 3.8) is 0 Å². The molecule has 0 unspecified atom stereocenters. The second-order valence-electron chi connectivity index (χ2n) is 3.96. The lowest BCUT2D eigenvalue weighted by atomic mass is 10.2. The van der Waals surface area contributed by atoms with E-state index in [4.69, 9.17) is 4.74 Å². The summed E-state index contributed by atoms with van der Waals surface area (Å²) in [6, 6.07) is 9.11. The Morgan fingerprint density at radius 2 is 2.17 bits per heavy atom. The molecular weight excluding hydrogens is 228 g/mol. The van der Waals surface area contributed by atoms with Crippen LogP contribution in [0.1, 0.15) is 11.1 Å². The maximum Gasteiger partial charge on any atom is 0.120 e. The van der Waals surface area contributed by atoms with Crippen molar-refractivity contribution < 1.29 is 9.84 Å². The average molecular weight is 244 g/mol. The molecule has 0 amide bonds. The van der Waals surface area contributed by atoms with E-state index < -0.39 is 0 Å². The highest BCUT2D eigenvalue weighted by molar-refractivity contribution is 5.39. The van der Waals surface area contributed by atoms with Crippen LogP contribution in [0.3, 0.4) is 0 Å². The first-order valence-corrected chi connectivity index (χ1v) is 5.75. The van der Waals surface area contributed by atoms with Gasteiger partial charge in [0.15, 0.2) is 0 Å². The van der Waals surface area contributed by atoms with Gasteiger partial charge in [0.2, 0.25) is 0 Å². The monoisotopic (exact) mass is 244 g/mol. The first-order valence-electron chi connectivity index (χ1n) is 5.75. The lowest BCUT2D eigenvalue weighted by Gasteiger charge is -2.08. The minimum absolute atomic E-state index is 0.273. The van der Waals surface area contributed by atoms with E-state index in [0.717, 1.165) is 16.9 Å². The van der Waals surface area contributed by atoms with Crippen LogP contribution in [0.4, 0.5) is 0 Å². The van der Waals surface area contributed by atoms with Gasteiger partial charge in [-0.3, -0.25) is 4.98 Å². The van der Waals surface area contributed by atoms with Gasteiger partial charge in [0.1, 0.15) is 11.5 Å². The Labute approximate surface area is 106 Å². The number of phenols is 1. The molecule has 0 aliphatic rings. The molecule has 4 heteroatoms. The molecule has 2 rings (SSSR count). The van der Waals surface area contributed by atoms with Crippen LogP contribution in [0.15, 0.2) is 42.7 Å². The number of rotatable bonds is 5. The number of aromatic nitrogens is 1. The summed E-state index contributed by atoms with van der Waals surface area (Å²) in [6.45, 7) is 1.29. The summed E-state index contributed by atoms with van der Waals surface area (Å²) in [5.74, 6) is 1.01. The molecule has 4 nitrogen and oxygen atoms in total. The lowest BCUT2D eigenvalue weighted by Crippen LogP contribution is -2.12. The van der Waals surface area contributed by atoms with Crippen molar-refractivity contribution in [3.8, 4) is 11.5 Å². The normalized spacial score (nSPS) is 10.3. The number of ether oxygens (including phenoxy) is 1. The number of nitrogens with one attached hydrogen (secondary N) is 1. The van der Waals surface area contributed by atoms with E-state index in [0.29, 0.717) is 13.1 Å². The van der Waals surface area contributed by atoms with Crippen LogP contribution in [0.2, 0.25) is 0 Å². The van der Waals surface area contributed by atoms with Crippen molar-refractivity contribution in [2.75, 3.05) is 7.11 Å². The molecule has 2 aromatic rings.